The Morgan fingerprint density at radius 3 is 2.56 bits per heavy atom. The number of nitrogens with one attached hydrogen (secondary N) is 1. The summed E-state index contributed by atoms with van der Waals surface area (Å²) < 4.78 is 0.694. The monoisotopic (exact) mass is 312 g/mol. The first-order chi connectivity index (χ1) is 8.44. The van der Waals surface area contributed by atoms with Gasteiger partial charge in [0.1, 0.15) is 0 Å². The fourth-order valence-corrected chi connectivity index (χ4v) is 2.21. The zero-order valence-corrected chi connectivity index (χ0v) is 11.2. The van der Waals surface area contributed by atoms with Gasteiger partial charge in [-0.15, -0.1) is 0 Å². The van der Waals surface area contributed by atoms with Crippen molar-refractivity contribution in [2.75, 3.05) is 11.9 Å². The molecule has 1 aromatic rings. The van der Waals surface area contributed by atoms with Gasteiger partial charge in [0.2, 0.25) is 5.91 Å². The fraction of sp³-hybridized carbons (Fsp3) is 0.333. The van der Waals surface area contributed by atoms with Gasteiger partial charge < -0.3 is 16.2 Å². The Balaban J connectivity index is 2.07. The first-order valence-electron chi connectivity index (χ1n) is 5.51. The van der Waals surface area contributed by atoms with E-state index in [0.717, 1.165) is 5.69 Å². The van der Waals surface area contributed by atoms with Crippen molar-refractivity contribution in [3.63, 3.8) is 0 Å². The van der Waals surface area contributed by atoms with Crippen molar-refractivity contribution in [1.82, 2.24) is 0 Å². The normalized spacial score (nSPS) is 16.1. The first kappa shape index (κ1) is 12.9. The summed E-state index contributed by atoms with van der Waals surface area (Å²) in [4.78, 5) is 22.0. The van der Waals surface area contributed by atoms with Crippen LogP contribution < -0.4 is 11.1 Å². The molecule has 0 aliphatic heterocycles. The number of hydrogen-bond donors (Lipinski definition) is 3. The van der Waals surface area contributed by atoms with Gasteiger partial charge in [-0.1, -0.05) is 0 Å². The Labute approximate surface area is 112 Å². The summed E-state index contributed by atoms with van der Waals surface area (Å²) >= 11 is 3.32. The fourth-order valence-electron chi connectivity index (χ4n) is 1.69. The zero-order valence-electron chi connectivity index (χ0n) is 9.57. The number of halogens is 1. The van der Waals surface area contributed by atoms with Crippen LogP contribution in [0.1, 0.15) is 23.2 Å². The Morgan fingerprint density at radius 1 is 1.44 bits per heavy atom. The highest BCUT2D eigenvalue weighted by Gasteiger charge is 2.50. The van der Waals surface area contributed by atoms with Crippen LogP contribution in [0.15, 0.2) is 22.7 Å². The summed E-state index contributed by atoms with van der Waals surface area (Å²) in [7, 11) is 0. The number of anilines is 1. The van der Waals surface area contributed by atoms with E-state index in [-0.39, 0.29) is 0 Å². The Kier molecular flexibility index (Phi) is 3.30. The largest absolute Gasteiger partial charge is 0.481 e. The van der Waals surface area contributed by atoms with E-state index < -0.39 is 17.3 Å². The summed E-state index contributed by atoms with van der Waals surface area (Å²) in [5, 5.41) is 12.1. The summed E-state index contributed by atoms with van der Waals surface area (Å²) in [6.07, 6.45) is 1.40. The number of hydrogen-bond acceptors (Lipinski definition) is 3. The average Bonchev–Trinajstić information content (AvgIpc) is 3.08. The van der Waals surface area contributed by atoms with Crippen molar-refractivity contribution < 1.29 is 14.7 Å². The molecule has 1 fully saturated rings. The molecule has 0 atom stereocenters. The quantitative estimate of drug-likeness (QED) is 0.773. The molecule has 1 amide bonds. The highest BCUT2D eigenvalue weighted by molar-refractivity contribution is 9.10. The maximum atomic E-state index is 11.0. The minimum atomic E-state index is -0.764. The van der Waals surface area contributed by atoms with Gasteiger partial charge in [0.05, 0.1) is 5.41 Å². The number of primary amides is 1. The molecule has 0 bridgehead atoms. The highest BCUT2D eigenvalue weighted by atomic mass is 79.9. The van der Waals surface area contributed by atoms with Crippen molar-refractivity contribution >= 4 is 33.5 Å². The lowest BCUT2D eigenvalue weighted by Gasteiger charge is -2.13. The molecule has 1 saturated carbocycles. The predicted molar refractivity (Wildman–Crippen MR) is 70.5 cm³/mol. The molecule has 1 aliphatic carbocycles. The molecule has 0 aromatic heterocycles. The van der Waals surface area contributed by atoms with Crippen molar-refractivity contribution in [3.8, 4) is 0 Å². The van der Waals surface area contributed by atoms with Gasteiger partial charge in [0.25, 0.3) is 0 Å². The summed E-state index contributed by atoms with van der Waals surface area (Å²) in [6.45, 7) is 0.386. The van der Waals surface area contributed by atoms with Gasteiger partial charge in [-0.3, -0.25) is 9.59 Å². The molecule has 6 heteroatoms. The van der Waals surface area contributed by atoms with E-state index in [0.29, 0.717) is 29.4 Å². The predicted octanol–water partition coefficient (Wildman–Crippen LogP) is 1.82. The van der Waals surface area contributed by atoms with Crippen LogP contribution in [0.25, 0.3) is 0 Å². The van der Waals surface area contributed by atoms with E-state index in [4.69, 9.17) is 10.8 Å². The summed E-state index contributed by atoms with van der Waals surface area (Å²) in [6, 6.07) is 4.93. The molecule has 0 radical (unpaired) electrons. The van der Waals surface area contributed by atoms with Gasteiger partial charge in [-0.05, 0) is 47.0 Å². The smallest absolute Gasteiger partial charge is 0.311 e. The second-order valence-corrected chi connectivity index (χ2v) is 5.35. The number of rotatable bonds is 5. The second kappa shape index (κ2) is 4.61. The molecule has 1 aliphatic rings. The lowest BCUT2D eigenvalue weighted by molar-refractivity contribution is -0.142. The molecule has 1 aromatic carbocycles. The van der Waals surface area contributed by atoms with Crippen molar-refractivity contribution in [3.05, 3.63) is 28.2 Å². The third kappa shape index (κ3) is 2.48. The van der Waals surface area contributed by atoms with E-state index in [1.54, 1.807) is 18.2 Å². The number of carbonyl (C=O) groups excluding carboxylic acids is 1. The number of nitrogens with two attached hydrogens (primary N) is 1. The van der Waals surface area contributed by atoms with Crippen LogP contribution in [0.4, 0.5) is 5.69 Å². The molecule has 2 rings (SSSR count). The lowest BCUT2D eigenvalue weighted by Crippen LogP contribution is -2.24. The molecule has 18 heavy (non-hydrogen) atoms. The van der Waals surface area contributed by atoms with Crippen LogP contribution in [-0.2, 0) is 4.79 Å². The molecular formula is C12H13BrN2O3. The number of benzene rings is 1. The third-order valence-corrected chi connectivity index (χ3v) is 3.83. The highest BCUT2D eigenvalue weighted by Crippen LogP contribution is 2.46. The number of amides is 1. The van der Waals surface area contributed by atoms with Crippen molar-refractivity contribution in [2.45, 2.75) is 12.8 Å². The Bertz CT molecular complexity index is 512. The summed E-state index contributed by atoms with van der Waals surface area (Å²) in [5.41, 5.74) is 5.71. The molecule has 0 saturated heterocycles. The molecule has 0 spiro atoms. The van der Waals surface area contributed by atoms with Gasteiger partial charge in [-0.25, -0.2) is 0 Å². The molecular weight excluding hydrogens is 300 g/mol. The number of carboxylic acid groups (broad SMARTS) is 1. The third-order valence-electron chi connectivity index (χ3n) is 3.18. The Morgan fingerprint density at radius 2 is 2.11 bits per heavy atom. The van der Waals surface area contributed by atoms with Gasteiger partial charge >= 0.3 is 5.97 Å². The lowest BCUT2D eigenvalue weighted by atomic mass is 10.1. The molecule has 5 nitrogen and oxygen atoms in total. The van der Waals surface area contributed by atoms with Crippen LogP contribution in [-0.4, -0.2) is 23.5 Å². The standard InChI is InChI=1S/C12H13BrN2O3/c13-8-5-7(10(14)16)1-2-9(8)15-6-12(3-4-12)11(17)18/h1-2,5,15H,3-4,6H2,(H2,14,16)(H,17,18). The zero-order chi connectivity index (χ0) is 13.3. The van der Waals surface area contributed by atoms with Crippen LogP contribution >= 0.6 is 15.9 Å². The minimum absolute atomic E-state index is 0.386. The van der Waals surface area contributed by atoms with E-state index in [9.17, 15) is 9.59 Å². The second-order valence-electron chi connectivity index (χ2n) is 4.50. The summed E-state index contributed by atoms with van der Waals surface area (Å²) in [5.74, 6) is -1.26. The van der Waals surface area contributed by atoms with E-state index in [1.807, 2.05) is 0 Å². The van der Waals surface area contributed by atoms with E-state index in [2.05, 4.69) is 21.2 Å². The van der Waals surface area contributed by atoms with Crippen LogP contribution in [0, 0.1) is 5.41 Å². The SMILES string of the molecule is NC(=O)c1ccc(NCC2(C(=O)O)CC2)c(Br)c1. The molecule has 4 N–H and O–H groups in total. The van der Waals surface area contributed by atoms with Crippen molar-refractivity contribution in [1.29, 1.82) is 0 Å². The van der Waals surface area contributed by atoms with Gasteiger partial charge in [0, 0.05) is 22.3 Å². The van der Waals surface area contributed by atoms with E-state index >= 15 is 0 Å². The molecule has 0 heterocycles. The van der Waals surface area contributed by atoms with Crippen LogP contribution in [0.2, 0.25) is 0 Å². The minimum Gasteiger partial charge on any atom is -0.481 e. The first-order valence-corrected chi connectivity index (χ1v) is 6.30. The van der Waals surface area contributed by atoms with Crippen molar-refractivity contribution in [2.24, 2.45) is 11.1 Å². The van der Waals surface area contributed by atoms with Gasteiger partial charge in [-0.2, -0.15) is 0 Å². The van der Waals surface area contributed by atoms with Crippen LogP contribution in [0.3, 0.4) is 0 Å². The van der Waals surface area contributed by atoms with Gasteiger partial charge in [0.15, 0.2) is 0 Å². The topological polar surface area (TPSA) is 92.4 Å². The maximum Gasteiger partial charge on any atom is 0.311 e. The van der Waals surface area contributed by atoms with Crippen LogP contribution in [0.5, 0.6) is 0 Å². The number of aliphatic carboxylic acids is 1. The number of carboxylic acids is 1. The average molecular weight is 313 g/mol. The Hall–Kier alpha value is -1.56. The maximum absolute atomic E-state index is 11.0. The molecule has 0 unspecified atom stereocenters. The number of carbonyl (C=O) groups is 2. The van der Waals surface area contributed by atoms with E-state index in [1.165, 1.54) is 0 Å². The molecule has 96 valence electrons.